The number of hydrogen-bond donors (Lipinski definition) is 1. The van der Waals surface area contributed by atoms with E-state index in [0.717, 1.165) is 5.56 Å². The SMILES string of the molecule is O=S(=O)(NCCc1cccnc1)c1cccc(Cl)c1. The number of pyridine rings is 1. The van der Waals surface area contributed by atoms with Crippen LogP contribution in [0.2, 0.25) is 5.02 Å². The minimum absolute atomic E-state index is 0.172. The second-order valence-corrected chi connectivity index (χ2v) is 6.17. The summed E-state index contributed by atoms with van der Waals surface area (Å²) in [6.45, 7) is 0.320. The molecule has 0 atom stereocenters. The van der Waals surface area contributed by atoms with Gasteiger partial charge in [0.05, 0.1) is 4.90 Å². The summed E-state index contributed by atoms with van der Waals surface area (Å²) in [6.07, 6.45) is 3.99. The van der Waals surface area contributed by atoms with Crippen molar-refractivity contribution in [3.8, 4) is 0 Å². The number of halogens is 1. The maximum Gasteiger partial charge on any atom is 0.240 e. The summed E-state index contributed by atoms with van der Waals surface area (Å²) < 4.78 is 26.5. The lowest BCUT2D eigenvalue weighted by atomic mass is 10.2. The Labute approximate surface area is 117 Å². The Morgan fingerprint density at radius 2 is 2.05 bits per heavy atom. The average Bonchev–Trinajstić information content (AvgIpc) is 2.40. The van der Waals surface area contributed by atoms with Gasteiger partial charge >= 0.3 is 0 Å². The molecule has 2 rings (SSSR count). The van der Waals surface area contributed by atoms with Crippen LogP contribution in [-0.4, -0.2) is 19.9 Å². The van der Waals surface area contributed by atoms with Gasteiger partial charge in [-0.25, -0.2) is 13.1 Å². The fourth-order valence-corrected chi connectivity index (χ4v) is 2.93. The van der Waals surface area contributed by atoms with Crippen molar-refractivity contribution >= 4 is 21.6 Å². The van der Waals surface area contributed by atoms with Gasteiger partial charge in [-0.1, -0.05) is 23.7 Å². The third kappa shape index (κ3) is 4.02. The van der Waals surface area contributed by atoms with E-state index in [1.165, 1.54) is 12.1 Å². The molecule has 0 radical (unpaired) electrons. The van der Waals surface area contributed by atoms with E-state index in [9.17, 15) is 8.42 Å². The molecule has 1 heterocycles. The van der Waals surface area contributed by atoms with E-state index in [1.807, 2.05) is 12.1 Å². The molecule has 0 aliphatic carbocycles. The summed E-state index contributed by atoms with van der Waals surface area (Å²) in [5, 5.41) is 0.398. The van der Waals surface area contributed by atoms with Gasteiger partial charge < -0.3 is 0 Å². The van der Waals surface area contributed by atoms with Crippen molar-refractivity contribution in [2.75, 3.05) is 6.54 Å². The predicted octanol–water partition coefficient (Wildman–Crippen LogP) is 2.26. The van der Waals surface area contributed by atoms with Gasteiger partial charge in [-0.2, -0.15) is 0 Å². The monoisotopic (exact) mass is 296 g/mol. The van der Waals surface area contributed by atoms with Gasteiger partial charge in [-0.05, 0) is 36.2 Å². The van der Waals surface area contributed by atoms with Gasteiger partial charge in [0, 0.05) is 24.0 Å². The van der Waals surface area contributed by atoms with Crippen LogP contribution >= 0.6 is 11.6 Å². The van der Waals surface area contributed by atoms with Gasteiger partial charge in [0.1, 0.15) is 0 Å². The summed E-state index contributed by atoms with van der Waals surface area (Å²) in [7, 11) is -3.51. The molecule has 1 N–H and O–H groups in total. The number of hydrogen-bond acceptors (Lipinski definition) is 3. The highest BCUT2D eigenvalue weighted by Gasteiger charge is 2.13. The zero-order valence-corrected chi connectivity index (χ0v) is 11.7. The first-order valence-electron chi connectivity index (χ1n) is 5.72. The molecule has 1 aromatic heterocycles. The van der Waals surface area contributed by atoms with Gasteiger partial charge in [-0.3, -0.25) is 4.98 Å². The summed E-state index contributed by atoms with van der Waals surface area (Å²) >= 11 is 5.78. The Kier molecular flexibility index (Phi) is 4.52. The van der Waals surface area contributed by atoms with Crippen molar-refractivity contribution in [2.45, 2.75) is 11.3 Å². The molecule has 0 fully saturated rings. The van der Waals surface area contributed by atoms with Crippen LogP contribution in [0.15, 0.2) is 53.7 Å². The molecule has 4 nitrogen and oxygen atoms in total. The van der Waals surface area contributed by atoms with Crippen molar-refractivity contribution in [2.24, 2.45) is 0 Å². The van der Waals surface area contributed by atoms with Crippen LogP contribution in [-0.2, 0) is 16.4 Å². The zero-order chi connectivity index (χ0) is 13.7. The summed E-state index contributed by atoms with van der Waals surface area (Å²) in [5.41, 5.74) is 0.983. The predicted molar refractivity (Wildman–Crippen MR) is 74.6 cm³/mol. The molecule has 6 heteroatoms. The normalized spacial score (nSPS) is 11.4. The Morgan fingerprint density at radius 3 is 2.74 bits per heavy atom. The Hall–Kier alpha value is -1.43. The van der Waals surface area contributed by atoms with Crippen LogP contribution in [0.4, 0.5) is 0 Å². The molecule has 0 bridgehead atoms. The first-order valence-corrected chi connectivity index (χ1v) is 7.58. The van der Waals surface area contributed by atoms with Gasteiger partial charge in [0.2, 0.25) is 10.0 Å². The summed E-state index contributed by atoms with van der Waals surface area (Å²) in [4.78, 5) is 4.15. The van der Waals surface area contributed by atoms with Crippen molar-refractivity contribution in [3.63, 3.8) is 0 Å². The molecule has 0 amide bonds. The molecular formula is C13H13ClN2O2S. The lowest BCUT2D eigenvalue weighted by Crippen LogP contribution is -2.26. The van der Waals surface area contributed by atoms with Crippen LogP contribution < -0.4 is 4.72 Å². The minimum Gasteiger partial charge on any atom is -0.264 e. The molecule has 2 aromatic rings. The quantitative estimate of drug-likeness (QED) is 0.920. The first kappa shape index (κ1) is 14.0. The highest BCUT2D eigenvalue weighted by Crippen LogP contribution is 2.15. The standard InChI is InChI=1S/C13H13ClN2O2S/c14-12-4-1-5-13(9-12)19(17,18)16-8-6-11-3-2-7-15-10-11/h1-5,7,9-10,16H,6,8H2. The Morgan fingerprint density at radius 1 is 1.21 bits per heavy atom. The second kappa shape index (κ2) is 6.14. The number of sulfonamides is 1. The van der Waals surface area contributed by atoms with E-state index < -0.39 is 10.0 Å². The Balaban J connectivity index is 1.99. The van der Waals surface area contributed by atoms with Crippen LogP contribution in [0.5, 0.6) is 0 Å². The van der Waals surface area contributed by atoms with Crippen LogP contribution in [0.25, 0.3) is 0 Å². The van der Waals surface area contributed by atoms with E-state index in [1.54, 1.807) is 24.5 Å². The third-order valence-electron chi connectivity index (χ3n) is 2.53. The topological polar surface area (TPSA) is 59.1 Å². The van der Waals surface area contributed by atoms with Gasteiger partial charge in [0.15, 0.2) is 0 Å². The smallest absolute Gasteiger partial charge is 0.240 e. The summed E-state index contributed by atoms with van der Waals surface area (Å²) in [6, 6.07) is 9.90. The lowest BCUT2D eigenvalue weighted by molar-refractivity contribution is 0.581. The maximum absolute atomic E-state index is 12.0. The number of nitrogens with zero attached hydrogens (tertiary/aromatic N) is 1. The molecule has 0 spiro atoms. The molecule has 0 saturated heterocycles. The highest BCUT2D eigenvalue weighted by molar-refractivity contribution is 7.89. The minimum atomic E-state index is -3.51. The van der Waals surface area contributed by atoms with Crippen molar-refractivity contribution in [1.82, 2.24) is 9.71 Å². The van der Waals surface area contributed by atoms with E-state index in [0.29, 0.717) is 18.0 Å². The van der Waals surface area contributed by atoms with E-state index in [2.05, 4.69) is 9.71 Å². The maximum atomic E-state index is 12.0. The highest BCUT2D eigenvalue weighted by atomic mass is 35.5. The van der Waals surface area contributed by atoms with E-state index >= 15 is 0 Å². The van der Waals surface area contributed by atoms with Gasteiger partial charge in [0.25, 0.3) is 0 Å². The van der Waals surface area contributed by atoms with E-state index in [-0.39, 0.29) is 4.90 Å². The molecule has 1 aromatic carbocycles. The molecule has 100 valence electrons. The fraction of sp³-hybridized carbons (Fsp3) is 0.154. The second-order valence-electron chi connectivity index (χ2n) is 3.97. The molecule has 0 aliphatic rings. The zero-order valence-electron chi connectivity index (χ0n) is 10.1. The van der Waals surface area contributed by atoms with Crippen molar-refractivity contribution < 1.29 is 8.42 Å². The summed E-state index contributed by atoms with van der Waals surface area (Å²) in [5.74, 6) is 0. The van der Waals surface area contributed by atoms with E-state index in [4.69, 9.17) is 11.6 Å². The fourth-order valence-electron chi connectivity index (χ4n) is 1.59. The lowest BCUT2D eigenvalue weighted by Gasteiger charge is -2.06. The average molecular weight is 297 g/mol. The number of nitrogens with one attached hydrogen (secondary N) is 1. The molecule has 19 heavy (non-hydrogen) atoms. The van der Waals surface area contributed by atoms with Crippen LogP contribution in [0.1, 0.15) is 5.56 Å². The number of benzene rings is 1. The first-order chi connectivity index (χ1) is 9.08. The third-order valence-corrected chi connectivity index (χ3v) is 4.23. The molecule has 0 unspecified atom stereocenters. The number of rotatable bonds is 5. The molecule has 0 aliphatic heterocycles. The molecular weight excluding hydrogens is 284 g/mol. The Bertz CT molecular complexity index is 645. The van der Waals surface area contributed by atoms with Crippen LogP contribution in [0.3, 0.4) is 0 Å². The van der Waals surface area contributed by atoms with Crippen molar-refractivity contribution in [1.29, 1.82) is 0 Å². The number of aromatic nitrogens is 1. The van der Waals surface area contributed by atoms with Gasteiger partial charge in [-0.15, -0.1) is 0 Å². The largest absolute Gasteiger partial charge is 0.264 e. The van der Waals surface area contributed by atoms with Crippen molar-refractivity contribution in [3.05, 3.63) is 59.4 Å². The van der Waals surface area contributed by atoms with Crippen LogP contribution in [0, 0.1) is 0 Å². The molecule has 0 saturated carbocycles.